The standard InChI is InChI=1S/C18H21FN2/c1-2-9-20-11-16-10-17(19)7-8-18(16)21-12-14-5-3-4-6-15(14)13-21/h3-8,10,20H,2,9,11-13H2,1H3. The van der Waals surface area contributed by atoms with Crippen LogP contribution in [-0.4, -0.2) is 6.54 Å². The maximum Gasteiger partial charge on any atom is 0.123 e. The summed E-state index contributed by atoms with van der Waals surface area (Å²) in [7, 11) is 0. The van der Waals surface area contributed by atoms with Crippen LogP contribution in [0.25, 0.3) is 0 Å². The molecule has 0 unspecified atom stereocenters. The summed E-state index contributed by atoms with van der Waals surface area (Å²) in [6.45, 7) is 5.62. The van der Waals surface area contributed by atoms with E-state index in [9.17, 15) is 4.39 Å². The number of hydrogen-bond donors (Lipinski definition) is 1. The van der Waals surface area contributed by atoms with Gasteiger partial charge in [0.05, 0.1) is 0 Å². The lowest BCUT2D eigenvalue weighted by Gasteiger charge is -2.22. The van der Waals surface area contributed by atoms with Crippen LogP contribution in [0.15, 0.2) is 42.5 Å². The Morgan fingerprint density at radius 3 is 2.48 bits per heavy atom. The van der Waals surface area contributed by atoms with Gasteiger partial charge in [-0.25, -0.2) is 4.39 Å². The van der Waals surface area contributed by atoms with Crippen LogP contribution in [-0.2, 0) is 19.6 Å². The average molecular weight is 284 g/mol. The van der Waals surface area contributed by atoms with Crippen molar-refractivity contribution in [1.29, 1.82) is 0 Å². The lowest BCUT2D eigenvalue weighted by atomic mass is 10.1. The van der Waals surface area contributed by atoms with Gasteiger partial charge in [-0.3, -0.25) is 0 Å². The number of halogens is 1. The minimum absolute atomic E-state index is 0.163. The molecule has 0 atom stereocenters. The Balaban J connectivity index is 1.82. The van der Waals surface area contributed by atoms with Crippen LogP contribution < -0.4 is 10.2 Å². The Morgan fingerprint density at radius 1 is 1.10 bits per heavy atom. The average Bonchev–Trinajstić information content (AvgIpc) is 2.91. The van der Waals surface area contributed by atoms with E-state index in [0.29, 0.717) is 6.54 Å². The molecule has 110 valence electrons. The SMILES string of the molecule is CCCNCc1cc(F)ccc1N1Cc2ccccc2C1. The van der Waals surface area contributed by atoms with Gasteiger partial charge in [-0.2, -0.15) is 0 Å². The van der Waals surface area contributed by atoms with Crippen molar-refractivity contribution < 1.29 is 4.39 Å². The first-order valence-electron chi connectivity index (χ1n) is 7.59. The van der Waals surface area contributed by atoms with Crippen molar-refractivity contribution in [3.63, 3.8) is 0 Å². The second-order valence-corrected chi connectivity index (χ2v) is 5.57. The summed E-state index contributed by atoms with van der Waals surface area (Å²) in [5.74, 6) is -0.163. The Hall–Kier alpha value is -1.87. The van der Waals surface area contributed by atoms with Crippen molar-refractivity contribution in [3.8, 4) is 0 Å². The summed E-state index contributed by atoms with van der Waals surface area (Å²) in [6, 6.07) is 13.6. The number of nitrogens with one attached hydrogen (secondary N) is 1. The molecule has 3 heteroatoms. The zero-order chi connectivity index (χ0) is 14.7. The highest BCUT2D eigenvalue weighted by Gasteiger charge is 2.20. The van der Waals surface area contributed by atoms with Gasteiger partial charge in [-0.15, -0.1) is 0 Å². The van der Waals surface area contributed by atoms with Crippen LogP contribution in [0.5, 0.6) is 0 Å². The van der Waals surface area contributed by atoms with Gasteiger partial charge in [0, 0.05) is 25.3 Å². The van der Waals surface area contributed by atoms with Gasteiger partial charge >= 0.3 is 0 Å². The fourth-order valence-corrected chi connectivity index (χ4v) is 2.91. The number of hydrogen-bond acceptors (Lipinski definition) is 2. The molecule has 3 rings (SSSR count). The smallest absolute Gasteiger partial charge is 0.123 e. The van der Waals surface area contributed by atoms with Crippen LogP contribution in [0.4, 0.5) is 10.1 Å². The molecule has 0 amide bonds. The van der Waals surface area contributed by atoms with Crippen molar-refractivity contribution in [3.05, 3.63) is 65.0 Å². The highest BCUT2D eigenvalue weighted by molar-refractivity contribution is 5.57. The first kappa shape index (κ1) is 14.1. The van der Waals surface area contributed by atoms with Crippen LogP contribution in [0.1, 0.15) is 30.0 Å². The van der Waals surface area contributed by atoms with Crippen LogP contribution in [0, 0.1) is 5.82 Å². The molecule has 0 radical (unpaired) electrons. The van der Waals surface area contributed by atoms with Crippen molar-refractivity contribution in [2.45, 2.75) is 33.0 Å². The lowest BCUT2D eigenvalue weighted by Crippen LogP contribution is -2.20. The van der Waals surface area contributed by atoms with E-state index in [1.54, 1.807) is 12.1 Å². The molecule has 0 bridgehead atoms. The molecule has 1 aliphatic rings. The van der Waals surface area contributed by atoms with E-state index in [2.05, 4.69) is 41.4 Å². The topological polar surface area (TPSA) is 15.3 Å². The maximum absolute atomic E-state index is 13.6. The van der Waals surface area contributed by atoms with Crippen LogP contribution in [0.3, 0.4) is 0 Å². The van der Waals surface area contributed by atoms with Gasteiger partial charge in [0.1, 0.15) is 5.82 Å². The van der Waals surface area contributed by atoms with Crippen LogP contribution in [0.2, 0.25) is 0 Å². The molecule has 0 spiro atoms. The van der Waals surface area contributed by atoms with E-state index in [1.165, 1.54) is 11.1 Å². The molecular weight excluding hydrogens is 263 g/mol. The van der Waals surface area contributed by atoms with Gasteiger partial charge in [0.15, 0.2) is 0 Å². The molecule has 0 fully saturated rings. The third-order valence-corrected chi connectivity index (χ3v) is 3.97. The molecule has 0 saturated carbocycles. The lowest BCUT2D eigenvalue weighted by molar-refractivity contribution is 0.618. The van der Waals surface area contributed by atoms with Crippen molar-refractivity contribution in [2.75, 3.05) is 11.4 Å². The molecule has 0 saturated heterocycles. The first-order chi connectivity index (χ1) is 10.3. The summed E-state index contributed by atoms with van der Waals surface area (Å²) < 4.78 is 13.6. The molecule has 21 heavy (non-hydrogen) atoms. The number of nitrogens with zero attached hydrogens (tertiary/aromatic N) is 1. The predicted molar refractivity (Wildman–Crippen MR) is 84.7 cm³/mol. The summed E-state index contributed by atoms with van der Waals surface area (Å²) >= 11 is 0. The summed E-state index contributed by atoms with van der Waals surface area (Å²) in [5.41, 5.74) is 4.91. The quantitative estimate of drug-likeness (QED) is 0.839. The van der Waals surface area contributed by atoms with E-state index in [4.69, 9.17) is 0 Å². The molecule has 2 nitrogen and oxygen atoms in total. The first-order valence-corrected chi connectivity index (χ1v) is 7.59. The van der Waals surface area contributed by atoms with E-state index < -0.39 is 0 Å². The summed E-state index contributed by atoms with van der Waals surface area (Å²) in [4.78, 5) is 2.33. The number of rotatable bonds is 5. The highest BCUT2D eigenvalue weighted by atomic mass is 19.1. The minimum atomic E-state index is -0.163. The third-order valence-electron chi connectivity index (χ3n) is 3.97. The van der Waals surface area contributed by atoms with Crippen molar-refractivity contribution >= 4 is 5.69 Å². The van der Waals surface area contributed by atoms with Gasteiger partial charge in [0.25, 0.3) is 0 Å². The summed E-state index contributed by atoms with van der Waals surface area (Å²) in [6.07, 6.45) is 1.08. The molecule has 0 aromatic heterocycles. The van der Waals surface area contributed by atoms with E-state index in [1.807, 2.05) is 6.07 Å². The maximum atomic E-state index is 13.6. The number of anilines is 1. The third kappa shape index (κ3) is 3.08. The number of fused-ring (bicyclic) bond motifs is 1. The van der Waals surface area contributed by atoms with Gasteiger partial charge in [0.2, 0.25) is 0 Å². The normalized spacial score (nSPS) is 13.5. The van der Waals surface area contributed by atoms with Crippen molar-refractivity contribution in [2.24, 2.45) is 0 Å². The largest absolute Gasteiger partial charge is 0.363 e. The Labute approximate surface area is 125 Å². The van der Waals surface area contributed by atoms with E-state index >= 15 is 0 Å². The second-order valence-electron chi connectivity index (χ2n) is 5.57. The van der Waals surface area contributed by atoms with Gasteiger partial charge < -0.3 is 10.2 Å². The molecule has 1 aliphatic heterocycles. The zero-order valence-electron chi connectivity index (χ0n) is 12.4. The van der Waals surface area contributed by atoms with Crippen molar-refractivity contribution in [1.82, 2.24) is 5.32 Å². The fourth-order valence-electron chi connectivity index (χ4n) is 2.91. The molecule has 1 heterocycles. The van der Waals surface area contributed by atoms with Crippen LogP contribution >= 0.6 is 0 Å². The fraction of sp³-hybridized carbons (Fsp3) is 0.333. The van der Waals surface area contributed by atoms with E-state index in [0.717, 1.165) is 37.3 Å². The monoisotopic (exact) mass is 284 g/mol. The second kappa shape index (κ2) is 6.27. The molecule has 0 aliphatic carbocycles. The summed E-state index contributed by atoms with van der Waals surface area (Å²) in [5, 5.41) is 3.37. The zero-order valence-corrected chi connectivity index (χ0v) is 12.4. The minimum Gasteiger partial charge on any atom is -0.363 e. The van der Waals surface area contributed by atoms with E-state index in [-0.39, 0.29) is 5.82 Å². The molecule has 2 aromatic rings. The predicted octanol–water partition coefficient (Wildman–Crippen LogP) is 3.85. The molecular formula is C18H21FN2. The Bertz CT molecular complexity index is 599. The Kier molecular flexibility index (Phi) is 4.20. The highest BCUT2D eigenvalue weighted by Crippen LogP contribution is 2.31. The molecule has 1 N–H and O–H groups in total. The Morgan fingerprint density at radius 2 is 1.81 bits per heavy atom. The molecule has 2 aromatic carbocycles. The van der Waals surface area contributed by atoms with Gasteiger partial charge in [-0.1, -0.05) is 31.2 Å². The van der Waals surface area contributed by atoms with Gasteiger partial charge in [-0.05, 0) is 47.9 Å². The number of benzene rings is 2.